The van der Waals surface area contributed by atoms with E-state index in [1.54, 1.807) is 12.1 Å². The Kier molecular flexibility index (Phi) is 6.33. The Balaban J connectivity index is 2.03. The first-order valence-corrected chi connectivity index (χ1v) is 8.35. The highest BCUT2D eigenvalue weighted by Gasteiger charge is 2.10. The maximum absolute atomic E-state index is 9.78. The van der Waals surface area contributed by atoms with Crippen LogP contribution in [-0.2, 0) is 6.42 Å². The van der Waals surface area contributed by atoms with Gasteiger partial charge in [0, 0.05) is 0 Å². The fourth-order valence-corrected chi connectivity index (χ4v) is 2.71. The van der Waals surface area contributed by atoms with Crippen LogP contribution in [0.2, 0.25) is 0 Å². The smallest absolute Gasteiger partial charge is 0.200 e. The molecule has 2 N–H and O–H groups in total. The lowest BCUT2D eigenvalue weighted by Gasteiger charge is -2.09. The van der Waals surface area contributed by atoms with Crippen molar-refractivity contribution in [2.45, 2.75) is 45.4 Å². The van der Waals surface area contributed by atoms with Crippen molar-refractivity contribution in [3.8, 4) is 28.4 Å². The van der Waals surface area contributed by atoms with Crippen molar-refractivity contribution in [1.29, 1.82) is 0 Å². The monoisotopic (exact) mass is 314 g/mol. The highest BCUT2D eigenvalue weighted by molar-refractivity contribution is 5.70. The van der Waals surface area contributed by atoms with Crippen LogP contribution in [0.25, 0.3) is 11.1 Å². The molecule has 0 bridgehead atoms. The number of aryl methyl sites for hydroxylation is 1. The highest BCUT2D eigenvalue weighted by atomic mass is 16.5. The Hall–Kier alpha value is -2.16. The SMILES string of the molecule is CCCCCCCc1ccc(-c2cc(O)c(O)c(OC)c2)cc1. The minimum absolute atomic E-state index is 0.167. The fraction of sp³-hybridized carbons (Fsp3) is 0.400. The van der Waals surface area contributed by atoms with Crippen molar-refractivity contribution in [1.82, 2.24) is 0 Å². The number of hydrogen-bond acceptors (Lipinski definition) is 3. The maximum Gasteiger partial charge on any atom is 0.200 e. The van der Waals surface area contributed by atoms with Crippen molar-refractivity contribution in [3.63, 3.8) is 0 Å². The number of hydrogen-bond donors (Lipinski definition) is 2. The molecule has 0 aromatic heterocycles. The summed E-state index contributed by atoms with van der Waals surface area (Å²) in [5, 5.41) is 19.5. The molecule has 0 radical (unpaired) electrons. The van der Waals surface area contributed by atoms with Crippen LogP contribution in [0, 0.1) is 0 Å². The molecule has 0 heterocycles. The third kappa shape index (κ3) is 4.65. The van der Waals surface area contributed by atoms with Crippen molar-refractivity contribution < 1.29 is 14.9 Å². The average molecular weight is 314 g/mol. The lowest BCUT2D eigenvalue weighted by Crippen LogP contribution is -1.88. The zero-order chi connectivity index (χ0) is 16.7. The highest BCUT2D eigenvalue weighted by Crippen LogP contribution is 2.39. The molecule has 124 valence electrons. The first kappa shape index (κ1) is 17.2. The van der Waals surface area contributed by atoms with Gasteiger partial charge in [0.1, 0.15) is 0 Å². The molecule has 0 unspecified atom stereocenters. The minimum Gasteiger partial charge on any atom is -0.504 e. The molecule has 0 saturated heterocycles. The molecule has 0 aliphatic heterocycles. The molecule has 0 fully saturated rings. The van der Waals surface area contributed by atoms with Gasteiger partial charge in [0.05, 0.1) is 7.11 Å². The zero-order valence-electron chi connectivity index (χ0n) is 14.0. The van der Waals surface area contributed by atoms with Gasteiger partial charge in [-0.2, -0.15) is 0 Å². The standard InChI is InChI=1S/C20H26O3/c1-3-4-5-6-7-8-15-9-11-16(12-10-15)17-13-18(21)20(22)19(14-17)23-2/h9-14,21-22H,3-8H2,1-2H3. The molecule has 3 heteroatoms. The van der Waals surface area contributed by atoms with Gasteiger partial charge in [-0.3, -0.25) is 0 Å². The number of phenols is 2. The van der Waals surface area contributed by atoms with Crippen molar-refractivity contribution in [3.05, 3.63) is 42.0 Å². The lowest BCUT2D eigenvalue weighted by molar-refractivity contribution is 0.351. The number of rotatable bonds is 8. The molecule has 0 aliphatic rings. The summed E-state index contributed by atoms with van der Waals surface area (Å²) >= 11 is 0. The van der Waals surface area contributed by atoms with E-state index < -0.39 is 0 Å². The minimum atomic E-state index is -0.222. The number of ether oxygens (including phenoxy) is 1. The molecule has 3 nitrogen and oxygen atoms in total. The second-order valence-corrected chi connectivity index (χ2v) is 5.91. The molecule has 0 atom stereocenters. The first-order chi connectivity index (χ1) is 11.2. The molecule has 2 rings (SSSR count). The van der Waals surface area contributed by atoms with Gasteiger partial charge in [0.25, 0.3) is 0 Å². The Morgan fingerprint density at radius 3 is 2.22 bits per heavy atom. The Bertz CT molecular complexity index is 618. The van der Waals surface area contributed by atoms with Crippen LogP contribution in [0.3, 0.4) is 0 Å². The van der Waals surface area contributed by atoms with E-state index in [0.29, 0.717) is 0 Å². The molecule has 0 amide bonds. The predicted molar refractivity (Wildman–Crippen MR) is 94.2 cm³/mol. The van der Waals surface area contributed by atoms with E-state index in [-0.39, 0.29) is 17.2 Å². The van der Waals surface area contributed by atoms with Crippen LogP contribution in [0.5, 0.6) is 17.2 Å². The van der Waals surface area contributed by atoms with Gasteiger partial charge in [0.2, 0.25) is 5.75 Å². The van der Waals surface area contributed by atoms with E-state index in [4.69, 9.17) is 4.74 Å². The van der Waals surface area contributed by atoms with E-state index in [0.717, 1.165) is 17.5 Å². The Morgan fingerprint density at radius 1 is 0.870 bits per heavy atom. The second-order valence-electron chi connectivity index (χ2n) is 5.91. The summed E-state index contributed by atoms with van der Waals surface area (Å²) in [5.74, 6) is -0.112. The molecule has 0 spiro atoms. The summed E-state index contributed by atoms with van der Waals surface area (Å²) in [6, 6.07) is 11.6. The van der Waals surface area contributed by atoms with Crippen LogP contribution in [0.1, 0.15) is 44.6 Å². The Labute approximate surface area is 138 Å². The molecule has 23 heavy (non-hydrogen) atoms. The number of benzene rings is 2. The van der Waals surface area contributed by atoms with Gasteiger partial charge in [-0.1, -0.05) is 56.9 Å². The fourth-order valence-electron chi connectivity index (χ4n) is 2.71. The van der Waals surface area contributed by atoms with Crippen molar-refractivity contribution in [2.24, 2.45) is 0 Å². The summed E-state index contributed by atoms with van der Waals surface area (Å²) in [6.07, 6.45) is 7.55. The first-order valence-electron chi connectivity index (χ1n) is 8.35. The van der Waals surface area contributed by atoms with Crippen LogP contribution in [0.4, 0.5) is 0 Å². The van der Waals surface area contributed by atoms with Gasteiger partial charge in [-0.05, 0) is 41.7 Å². The molecular formula is C20H26O3. The van der Waals surface area contributed by atoms with E-state index in [1.807, 2.05) is 12.1 Å². The summed E-state index contributed by atoms with van der Waals surface area (Å²) in [4.78, 5) is 0. The maximum atomic E-state index is 9.78. The quantitative estimate of drug-likeness (QED) is 0.514. The van der Waals surface area contributed by atoms with Crippen LogP contribution in [-0.4, -0.2) is 17.3 Å². The summed E-state index contributed by atoms with van der Waals surface area (Å²) in [6.45, 7) is 2.23. The lowest BCUT2D eigenvalue weighted by atomic mass is 10.0. The predicted octanol–water partition coefficient (Wildman–Crippen LogP) is 5.29. The van der Waals surface area contributed by atoms with Gasteiger partial charge in [-0.25, -0.2) is 0 Å². The number of phenolic OH excluding ortho intramolecular Hbond substituents is 2. The topological polar surface area (TPSA) is 49.7 Å². The molecule has 2 aromatic rings. The normalized spacial score (nSPS) is 10.7. The van der Waals surface area contributed by atoms with Gasteiger partial charge < -0.3 is 14.9 Å². The molecule has 0 saturated carbocycles. The van der Waals surface area contributed by atoms with Gasteiger partial charge in [0.15, 0.2) is 11.5 Å². The summed E-state index contributed by atoms with van der Waals surface area (Å²) in [7, 11) is 1.47. The van der Waals surface area contributed by atoms with E-state index >= 15 is 0 Å². The summed E-state index contributed by atoms with van der Waals surface area (Å²) in [5.41, 5.74) is 3.15. The molecular weight excluding hydrogens is 288 g/mol. The third-order valence-electron chi connectivity index (χ3n) is 4.13. The van der Waals surface area contributed by atoms with Crippen molar-refractivity contribution in [2.75, 3.05) is 7.11 Å². The van der Waals surface area contributed by atoms with Gasteiger partial charge in [-0.15, -0.1) is 0 Å². The largest absolute Gasteiger partial charge is 0.504 e. The van der Waals surface area contributed by atoms with E-state index in [9.17, 15) is 10.2 Å². The number of unbranched alkanes of at least 4 members (excludes halogenated alkanes) is 4. The number of aromatic hydroxyl groups is 2. The van der Waals surface area contributed by atoms with Crippen LogP contribution in [0.15, 0.2) is 36.4 Å². The van der Waals surface area contributed by atoms with Crippen LogP contribution >= 0.6 is 0 Å². The summed E-state index contributed by atoms with van der Waals surface area (Å²) < 4.78 is 5.09. The third-order valence-corrected chi connectivity index (χ3v) is 4.13. The van der Waals surface area contributed by atoms with Crippen LogP contribution < -0.4 is 4.74 Å². The zero-order valence-corrected chi connectivity index (χ0v) is 14.0. The average Bonchev–Trinajstić information content (AvgIpc) is 2.57. The van der Waals surface area contributed by atoms with E-state index in [1.165, 1.54) is 44.8 Å². The molecule has 2 aromatic carbocycles. The molecule has 0 aliphatic carbocycles. The van der Waals surface area contributed by atoms with E-state index in [2.05, 4.69) is 19.1 Å². The van der Waals surface area contributed by atoms with Gasteiger partial charge >= 0.3 is 0 Å². The Morgan fingerprint density at radius 2 is 1.57 bits per heavy atom. The second kappa shape index (κ2) is 8.47. The number of methoxy groups -OCH3 is 1. The van der Waals surface area contributed by atoms with Crippen molar-refractivity contribution >= 4 is 0 Å².